The van der Waals surface area contributed by atoms with Crippen LogP contribution < -0.4 is 5.32 Å². The lowest BCUT2D eigenvalue weighted by Crippen LogP contribution is -2.28. The molecule has 0 saturated carbocycles. The molecule has 0 saturated heterocycles. The van der Waals surface area contributed by atoms with E-state index in [1.165, 1.54) is 4.88 Å². The van der Waals surface area contributed by atoms with Crippen molar-refractivity contribution in [3.8, 4) is 0 Å². The molecule has 1 aliphatic carbocycles. The molecule has 0 fully saturated rings. The second-order valence-electron chi connectivity index (χ2n) is 6.02. The number of nitrogens with one attached hydrogen (secondary N) is 2. The van der Waals surface area contributed by atoms with Gasteiger partial charge in [0.1, 0.15) is 0 Å². The Bertz CT molecular complexity index is 708. The quantitative estimate of drug-likeness (QED) is 0.862. The van der Waals surface area contributed by atoms with Crippen LogP contribution in [-0.4, -0.2) is 44.8 Å². The number of fused-ring (bicyclic) bond motifs is 2. The van der Waals surface area contributed by atoms with Crippen LogP contribution in [0.4, 0.5) is 5.13 Å². The largest absolute Gasteiger partial charge is 0.302 e. The standard InChI is InChI=1S/C14H18N6OS/c1-20-5-4-10-12(7-20)22-14(15-10)16-13(21)8-2-3-9-11(6-8)18-19-17-9/h8H,2-7H2,1H3,(H,15,16,21)(H,17,18,19). The highest BCUT2D eigenvalue weighted by atomic mass is 32.1. The molecule has 1 amide bonds. The van der Waals surface area contributed by atoms with Gasteiger partial charge < -0.3 is 10.2 Å². The maximum atomic E-state index is 12.5. The first kappa shape index (κ1) is 13.8. The molecule has 1 unspecified atom stereocenters. The fourth-order valence-electron chi connectivity index (χ4n) is 3.09. The molecule has 0 radical (unpaired) electrons. The van der Waals surface area contributed by atoms with Gasteiger partial charge in [0.2, 0.25) is 5.91 Å². The Morgan fingerprint density at radius 3 is 3.09 bits per heavy atom. The summed E-state index contributed by atoms with van der Waals surface area (Å²) in [5.41, 5.74) is 3.06. The number of hydrogen-bond acceptors (Lipinski definition) is 6. The van der Waals surface area contributed by atoms with Crippen LogP contribution in [0.3, 0.4) is 0 Å². The van der Waals surface area contributed by atoms with Crippen LogP contribution in [0, 0.1) is 5.92 Å². The lowest BCUT2D eigenvalue weighted by Gasteiger charge is -2.20. The van der Waals surface area contributed by atoms with Crippen LogP contribution in [0.5, 0.6) is 0 Å². The number of H-pyrrole nitrogens is 1. The first-order valence-electron chi connectivity index (χ1n) is 7.55. The highest BCUT2D eigenvalue weighted by Crippen LogP contribution is 2.29. The number of likely N-dealkylation sites (N-methyl/N-ethyl adjacent to an activating group) is 1. The summed E-state index contributed by atoms with van der Waals surface area (Å²) < 4.78 is 0. The van der Waals surface area contributed by atoms with Gasteiger partial charge in [-0.25, -0.2) is 4.98 Å². The van der Waals surface area contributed by atoms with Crippen molar-refractivity contribution in [2.24, 2.45) is 5.92 Å². The maximum absolute atomic E-state index is 12.5. The van der Waals surface area contributed by atoms with E-state index in [1.807, 2.05) is 0 Å². The van der Waals surface area contributed by atoms with Crippen LogP contribution in [0.2, 0.25) is 0 Å². The number of thiazole rings is 1. The maximum Gasteiger partial charge on any atom is 0.229 e. The van der Waals surface area contributed by atoms with E-state index in [9.17, 15) is 4.79 Å². The Balaban J connectivity index is 1.44. The van der Waals surface area contributed by atoms with Gasteiger partial charge in [-0.3, -0.25) is 4.79 Å². The zero-order valence-corrected chi connectivity index (χ0v) is 13.2. The van der Waals surface area contributed by atoms with E-state index >= 15 is 0 Å². The molecule has 2 aliphatic rings. The number of aromatic amines is 1. The summed E-state index contributed by atoms with van der Waals surface area (Å²) in [5, 5.41) is 14.6. The van der Waals surface area contributed by atoms with Crippen molar-refractivity contribution in [3.63, 3.8) is 0 Å². The lowest BCUT2D eigenvalue weighted by atomic mass is 9.89. The van der Waals surface area contributed by atoms with Crippen molar-refractivity contribution in [1.29, 1.82) is 0 Å². The molecule has 4 rings (SSSR count). The number of amides is 1. The number of aromatic nitrogens is 4. The number of carbonyl (C=O) groups is 1. The van der Waals surface area contributed by atoms with Gasteiger partial charge in [-0.05, 0) is 19.9 Å². The van der Waals surface area contributed by atoms with E-state index in [4.69, 9.17) is 0 Å². The summed E-state index contributed by atoms with van der Waals surface area (Å²) in [4.78, 5) is 20.6. The van der Waals surface area contributed by atoms with E-state index in [0.717, 1.165) is 54.6 Å². The van der Waals surface area contributed by atoms with Crippen LogP contribution in [0.25, 0.3) is 0 Å². The molecular weight excluding hydrogens is 300 g/mol. The van der Waals surface area contributed by atoms with Gasteiger partial charge >= 0.3 is 0 Å². The van der Waals surface area contributed by atoms with Crippen LogP contribution >= 0.6 is 11.3 Å². The van der Waals surface area contributed by atoms with Gasteiger partial charge in [-0.15, -0.1) is 11.3 Å². The molecular formula is C14H18N6OS. The molecule has 22 heavy (non-hydrogen) atoms. The molecule has 1 aliphatic heterocycles. The molecule has 7 nitrogen and oxygen atoms in total. The van der Waals surface area contributed by atoms with Crippen LogP contribution in [0.1, 0.15) is 28.4 Å². The van der Waals surface area contributed by atoms with E-state index < -0.39 is 0 Å². The van der Waals surface area contributed by atoms with E-state index in [2.05, 4.69) is 37.7 Å². The molecule has 2 N–H and O–H groups in total. The van der Waals surface area contributed by atoms with Gasteiger partial charge in [0, 0.05) is 36.7 Å². The molecule has 3 heterocycles. The van der Waals surface area contributed by atoms with Gasteiger partial charge in [-0.2, -0.15) is 15.4 Å². The summed E-state index contributed by atoms with van der Waals surface area (Å²) in [7, 11) is 2.11. The fourth-order valence-corrected chi connectivity index (χ4v) is 4.18. The molecule has 0 bridgehead atoms. The van der Waals surface area contributed by atoms with Gasteiger partial charge in [0.25, 0.3) is 0 Å². The summed E-state index contributed by atoms with van der Waals surface area (Å²) >= 11 is 1.60. The predicted octanol–water partition coefficient (Wildman–Crippen LogP) is 0.993. The summed E-state index contributed by atoms with van der Waals surface area (Å²) in [5.74, 6) is 0.00861. The molecule has 0 spiro atoms. The Labute approximate surface area is 132 Å². The molecule has 8 heteroatoms. The summed E-state index contributed by atoms with van der Waals surface area (Å²) in [6, 6.07) is 0. The third kappa shape index (κ3) is 2.52. The minimum atomic E-state index is -0.0406. The molecule has 0 aromatic carbocycles. The van der Waals surface area contributed by atoms with Gasteiger partial charge in [-0.1, -0.05) is 0 Å². The minimum absolute atomic E-state index is 0.0406. The van der Waals surface area contributed by atoms with Crippen molar-refractivity contribution >= 4 is 22.4 Å². The Morgan fingerprint density at radius 1 is 1.32 bits per heavy atom. The number of aryl methyl sites for hydroxylation is 1. The predicted molar refractivity (Wildman–Crippen MR) is 82.7 cm³/mol. The Morgan fingerprint density at radius 2 is 2.18 bits per heavy atom. The molecule has 2 aromatic heterocycles. The lowest BCUT2D eigenvalue weighted by molar-refractivity contribution is -0.120. The first-order chi connectivity index (χ1) is 10.7. The summed E-state index contributed by atoms with van der Waals surface area (Å²) in [6.45, 7) is 1.95. The molecule has 2 aromatic rings. The zero-order chi connectivity index (χ0) is 15.1. The fraction of sp³-hybridized carbons (Fsp3) is 0.571. The normalized spacial score (nSPS) is 21.2. The highest BCUT2D eigenvalue weighted by molar-refractivity contribution is 7.15. The first-order valence-corrected chi connectivity index (χ1v) is 8.37. The SMILES string of the molecule is CN1CCc2nc(NC(=O)C3CCc4n[nH]nc4C3)sc2C1. The van der Waals surface area contributed by atoms with E-state index in [1.54, 1.807) is 11.3 Å². The highest BCUT2D eigenvalue weighted by Gasteiger charge is 2.28. The van der Waals surface area contributed by atoms with Crippen molar-refractivity contribution in [3.05, 3.63) is 22.0 Å². The van der Waals surface area contributed by atoms with E-state index in [0.29, 0.717) is 6.42 Å². The number of anilines is 1. The van der Waals surface area contributed by atoms with Crippen LogP contribution in [-0.2, 0) is 30.6 Å². The smallest absolute Gasteiger partial charge is 0.229 e. The van der Waals surface area contributed by atoms with Crippen molar-refractivity contribution in [1.82, 2.24) is 25.3 Å². The number of carbonyl (C=O) groups excluding carboxylic acids is 1. The van der Waals surface area contributed by atoms with Crippen LogP contribution in [0.15, 0.2) is 0 Å². The van der Waals surface area contributed by atoms with Crippen molar-refractivity contribution in [2.75, 3.05) is 18.9 Å². The Hall–Kier alpha value is -1.80. The van der Waals surface area contributed by atoms with E-state index in [-0.39, 0.29) is 11.8 Å². The van der Waals surface area contributed by atoms with Gasteiger partial charge in [0.15, 0.2) is 5.13 Å². The third-order valence-electron chi connectivity index (χ3n) is 4.40. The van der Waals surface area contributed by atoms with Crippen molar-refractivity contribution < 1.29 is 4.79 Å². The van der Waals surface area contributed by atoms with Crippen molar-refractivity contribution in [2.45, 2.75) is 32.2 Å². The number of rotatable bonds is 2. The summed E-state index contributed by atoms with van der Waals surface area (Å²) in [6.07, 6.45) is 3.25. The third-order valence-corrected chi connectivity index (χ3v) is 5.39. The topological polar surface area (TPSA) is 86.8 Å². The minimum Gasteiger partial charge on any atom is -0.302 e. The molecule has 1 atom stereocenters. The number of hydrogen-bond donors (Lipinski definition) is 2. The second-order valence-corrected chi connectivity index (χ2v) is 7.11. The molecule has 116 valence electrons. The Kier molecular flexibility index (Phi) is 3.42. The average molecular weight is 318 g/mol. The number of nitrogens with zero attached hydrogens (tertiary/aromatic N) is 4. The average Bonchev–Trinajstić information content (AvgIpc) is 3.11. The monoisotopic (exact) mass is 318 g/mol. The second kappa shape index (κ2) is 5.44. The van der Waals surface area contributed by atoms with Gasteiger partial charge in [0.05, 0.1) is 17.1 Å². The zero-order valence-electron chi connectivity index (χ0n) is 12.4.